The first kappa shape index (κ1) is 13.9. The third-order valence-electron chi connectivity index (χ3n) is 2.75. The molecule has 1 unspecified atom stereocenters. The van der Waals surface area contributed by atoms with Crippen LogP contribution in [0, 0.1) is 10.1 Å². The normalized spacial score (nSPS) is 12.2. The molecule has 0 saturated heterocycles. The SMILES string of the molecule is CCC(O)c1noc(-c2ccc([N+](=O)[O-])c(OC)c2)n1. The molecule has 1 atom stereocenters. The Morgan fingerprint density at radius 2 is 2.30 bits per heavy atom. The summed E-state index contributed by atoms with van der Waals surface area (Å²) in [5, 5.41) is 24.1. The second-order valence-corrected chi connectivity index (χ2v) is 4.03. The van der Waals surface area contributed by atoms with Gasteiger partial charge in [0.05, 0.1) is 12.0 Å². The summed E-state index contributed by atoms with van der Waals surface area (Å²) in [6.45, 7) is 1.79. The molecule has 2 rings (SSSR count). The predicted octanol–water partition coefficient (Wildman–Crippen LogP) is 2.10. The second kappa shape index (κ2) is 5.66. The van der Waals surface area contributed by atoms with Gasteiger partial charge in [-0.25, -0.2) is 0 Å². The molecular weight excluding hydrogens is 266 g/mol. The minimum absolute atomic E-state index is 0.100. The zero-order valence-electron chi connectivity index (χ0n) is 10.9. The molecule has 0 aliphatic heterocycles. The fourth-order valence-electron chi connectivity index (χ4n) is 1.63. The molecule has 0 aliphatic rings. The summed E-state index contributed by atoms with van der Waals surface area (Å²) < 4.78 is 9.99. The Balaban J connectivity index is 2.38. The molecule has 0 fully saturated rings. The molecule has 0 saturated carbocycles. The number of nitrogens with zero attached hydrogens (tertiary/aromatic N) is 3. The van der Waals surface area contributed by atoms with Gasteiger partial charge in [0.15, 0.2) is 5.75 Å². The van der Waals surface area contributed by atoms with E-state index in [4.69, 9.17) is 9.26 Å². The monoisotopic (exact) mass is 279 g/mol. The highest BCUT2D eigenvalue weighted by Crippen LogP contribution is 2.31. The Morgan fingerprint density at radius 3 is 2.90 bits per heavy atom. The van der Waals surface area contributed by atoms with Gasteiger partial charge in [-0.1, -0.05) is 12.1 Å². The van der Waals surface area contributed by atoms with E-state index in [0.29, 0.717) is 12.0 Å². The summed E-state index contributed by atoms with van der Waals surface area (Å²) in [4.78, 5) is 14.3. The van der Waals surface area contributed by atoms with Gasteiger partial charge in [0.1, 0.15) is 6.10 Å². The van der Waals surface area contributed by atoms with E-state index < -0.39 is 11.0 Å². The standard InChI is InChI=1S/C12H13N3O5/c1-3-9(16)11-13-12(20-14-11)7-4-5-8(15(17)18)10(6-7)19-2/h4-6,9,16H,3H2,1-2H3. The van der Waals surface area contributed by atoms with E-state index in [1.165, 1.54) is 25.3 Å². The number of aromatic nitrogens is 2. The third kappa shape index (κ3) is 2.59. The van der Waals surface area contributed by atoms with Crippen LogP contribution in [0.3, 0.4) is 0 Å². The van der Waals surface area contributed by atoms with Crippen LogP contribution in [0.15, 0.2) is 22.7 Å². The molecule has 0 aliphatic carbocycles. The molecule has 0 bridgehead atoms. The number of methoxy groups -OCH3 is 1. The second-order valence-electron chi connectivity index (χ2n) is 4.03. The van der Waals surface area contributed by atoms with Gasteiger partial charge in [-0.05, 0) is 12.5 Å². The van der Waals surface area contributed by atoms with Crippen molar-refractivity contribution in [2.45, 2.75) is 19.4 Å². The highest BCUT2D eigenvalue weighted by atomic mass is 16.6. The third-order valence-corrected chi connectivity index (χ3v) is 2.75. The molecule has 8 heteroatoms. The maximum atomic E-state index is 10.8. The molecule has 0 spiro atoms. The van der Waals surface area contributed by atoms with E-state index in [2.05, 4.69) is 10.1 Å². The predicted molar refractivity (Wildman–Crippen MR) is 68.2 cm³/mol. The van der Waals surface area contributed by atoms with Crippen molar-refractivity contribution in [2.24, 2.45) is 0 Å². The van der Waals surface area contributed by atoms with E-state index >= 15 is 0 Å². The average Bonchev–Trinajstić information content (AvgIpc) is 2.95. The lowest BCUT2D eigenvalue weighted by molar-refractivity contribution is -0.385. The molecule has 2 aromatic rings. The first-order valence-corrected chi connectivity index (χ1v) is 5.91. The molecule has 1 N–H and O–H groups in total. The number of ether oxygens (including phenoxy) is 1. The summed E-state index contributed by atoms with van der Waals surface area (Å²) in [6, 6.07) is 4.22. The molecule has 0 amide bonds. The fraction of sp³-hybridized carbons (Fsp3) is 0.333. The first-order valence-electron chi connectivity index (χ1n) is 5.91. The van der Waals surface area contributed by atoms with Crippen molar-refractivity contribution >= 4 is 5.69 Å². The minimum atomic E-state index is -0.799. The molecule has 106 valence electrons. The molecule has 1 aromatic heterocycles. The van der Waals surface area contributed by atoms with Gasteiger partial charge < -0.3 is 14.4 Å². The Bertz CT molecular complexity index is 625. The number of nitro benzene ring substituents is 1. The smallest absolute Gasteiger partial charge is 0.310 e. The van der Waals surface area contributed by atoms with Crippen LogP contribution in [0.1, 0.15) is 25.3 Å². The Hall–Kier alpha value is -2.48. The zero-order chi connectivity index (χ0) is 14.7. The number of benzene rings is 1. The first-order chi connectivity index (χ1) is 9.56. The Morgan fingerprint density at radius 1 is 1.55 bits per heavy atom. The van der Waals surface area contributed by atoms with E-state index in [1.807, 2.05) is 0 Å². The lowest BCUT2D eigenvalue weighted by Gasteiger charge is -2.02. The summed E-state index contributed by atoms with van der Waals surface area (Å²) in [7, 11) is 1.34. The van der Waals surface area contributed by atoms with Gasteiger partial charge in [0, 0.05) is 17.7 Å². The molecular formula is C12H13N3O5. The van der Waals surface area contributed by atoms with Crippen molar-refractivity contribution in [3.05, 3.63) is 34.1 Å². The van der Waals surface area contributed by atoms with Gasteiger partial charge in [0.2, 0.25) is 5.82 Å². The number of hydrogen-bond acceptors (Lipinski definition) is 7. The number of hydrogen-bond donors (Lipinski definition) is 1. The molecule has 8 nitrogen and oxygen atoms in total. The molecule has 1 heterocycles. The van der Waals surface area contributed by atoms with Crippen LogP contribution in [0.5, 0.6) is 5.75 Å². The number of nitro groups is 1. The van der Waals surface area contributed by atoms with Crippen LogP contribution in [0.25, 0.3) is 11.5 Å². The summed E-state index contributed by atoms with van der Waals surface area (Å²) in [5.41, 5.74) is 0.332. The summed E-state index contributed by atoms with van der Waals surface area (Å²) in [5.74, 6) is 0.448. The quantitative estimate of drug-likeness (QED) is 0.658. The van der Waals surface area contributed by atoms with Crippen molar-refractivity contribution in [2.75, 3.05) is 7.11 Å². The molecule has 0 radical (unpaired) electrons. The van der Waals surface area contributed by atoms with E-state index in [0.717, 1.165) is 0 Å². The van der Waals surface area contributed by atoms with Crippen LogP contribution in [0.2, 0.25) is 0 Å². The molecule has 1 aromatic carbocycles. The molecule has 20 heavy (non-hydrogen) atoms. The van der Waals surface area contributed by atoms with Crippen LogP contribution < -0.4 is 4.74 Å². The van der Waals surface area contributed by atoms with Crippen molar-refractivity contribution in [3.63, 3.8) is 0 Å². The van der Waals surface area contributed by atoms with Crippen molar-refractivity contribution in [1.29, 1.82) is 0 Å². The number of rotatable bonds is 5. The van der Waals surface area contributed by atoms with Crippen LogP contribution in [0.4, 0.5) is 5.69 Å². The average molecular weight is 279 g/mol. The van der Waals surface area contributed by atoms with Crippen molar-refractivity contribution < 1.29 is 19.3 Å². The summed E-state index contributed by atoms with van der Waals surface area (Å²) >= 11 is 0. The summed E-state index contributed by atoms with van der Waals surface area (Å²) in [6.07, 6.45) is -0.338. The van der Waals surface area contributed by atoms with Crippen LogP contribution >= 0.6 is 0 Å². The topological polar surface area (TPSA) is 112 Å². The van der Waals surface area contributed by atoms with Crippen molar-refractivity contribution in [3.8, 4) is 17.2 Å². The van der Waals surface area contributed by atoms with Gasteiger partial charge in [-0.2, -0.15) is 4.98 Å². The maximum Gasteiger partial charge on any atom is 0.310 e. The Labute approximate surface area is 114 Å². The Kier molecular flexibility index (Phi) is 3.94. The van der Waals surface area contributed by atoms with Crippen LogP contribution in [-0.4, -0.2) is 27.3 Å². The largest absolute Gasteiger partial charge is 0.490 e. The van der Waals surface area contributed by atoms with Crippen LogP contribution in [-0.2, 0) is 0 Å². The van der Waals surface area contributed by atoms with E-state index in [-0.39, 0.29) is 23.2 Å². The maximum absolute atomic E-state index is 10.8. The highest BCUT2D eigenvalue weighted by molar-refractivity contribution is 5.61. The van der Waals surface area contributed by atoms with Gasteiger partial charge >= 0.3 is 5.69 Å². The van der Waals surface area contributed by atoms with Gasteiger partial charge in [0.25, 0.3) is 5.89 Å². The number of aliphatic hydroxyl groups is 1. The highest BCUT2D eigenvalue weighted by Gasteiger charge is 2.19. The van der Waals surface area contributed by atoms with Gasteiger partial charge in [-0.15, -0.1) is 0 Å². The van der Waals surface area contributed by atoms with Gasteiger partial charge in [-0.3, -0.25) is 10.1 Å². The lowest BCUT2D eigenvalue weighted by Crippen LogP contribution is -1.97. The van der Waals surface area contributed by atoms with E-state index in [1.54, 1.807) is 6.92 Å². The number of aliphatic hydroxyl groups excluding tert-OH is 1. The lowest BCUT2D eigenvalue weighted by atomic mass is 10.2. The minimum Gasteiger partial charge on any atom is -0.490 e. The van der Waals surface area contributed by atoms with E-state index in [9.17, 15) is 15.2 Å². The van der Waals surface area contributed by atoms with Crippen molar-refractivity contribution in [1.82, 2.24) is 10.1 Å². The zero-order valence-corrected chi connectivity index (χ0v) is 10.9. The fourth-order valence-corrected chi connectivity index (χ4v) is 1.63.